The molecule has 2 heterocycles. The van der Waals surface area contributed by atoms with Gasteiger partial charge in [-0.2, -0.15) is 0 Å². The fourth-order valence-corrected chi connectivity index (χ4v) is 4.33. The van der Waals surface area contributed by atoms with Gasteiger partial charge in [-0.15, -0.1) is 0 Å². The van der Waals surface area contributed by atoms with Gasteiger partial charge in [-0.3, -0.25) is 4.79 Å². The van der Waals surface area contributed by atoms with E-state index in [1.54, 1.807) is 17.9 Å². The molecule has 1 aromatic heterocycles. The van der Waals surface area contributed by atoms with Gasteiger partial charge >= 0.3 is 5.97 Å². The Morgan fingerprint density at radius 3 is 2.61 bits per heavy atom. The second-order valence-corrected chi connectivity index (χ2v) is 7.99. The summed E-state index contributed by atoms with van der Waals surface area (Å²) >= 11 is 6.58. The molecule has 2 aromatic carbocycles. The first-order valence-electron chi connectivity index (χ1n) is 9.48. The Morgan fingerprint density at radius 1 is 1.32 bits per heavy atom. The Balaban J connectivity index is 2.18. The van der Waals surface area contributed by atoms with Crippen molar-refractivity contribution in [3.8, 4) is 5.69 Å². The van der Waals surface area contributed by atoms with Crippen molar-refractivity contribution >= 4 is 39.8 Å². The van der Waals surface area contributed by atoms with Crippen molar-refractivity contribution in [1.82, 2.24) is 4.57 Å². The molecule has 4 rings (SSSR count). The Bertz CT molecular complexity index is 1310. The number of anilines is 2. The average molecular weight is 449 g/mol. The van der Waals surface area contributed by atoms with Crippen LogP contribution < -0.4 is 21.8 Å². The third-order valence-electron chi connectivity index (χ3n) is 5.47. The largest absolute Gasteiger partial charge is 0.477 e. The topological polar surface area (TPSA) is 115 Å². The Hall–Kier alpha value is -3.17. The van der Waals surface area contributed by atoms with Crippen molar-refractivity contribution in [3.05, 3.63) is 62.4 Å². The molecule has 1 aliphatic rings. The van der Waals surface area contributed by atoms with Crippen molar-refractivity contribution in [2.75, 3.05) is 23.7 Å². The molecule has 5 N–H and O–H groups in total. The number of pyridine rings is 1. The van der Waals surface area contributed by atoms with Crippen molar-refractivity contribution in [2.45, 2.75) is 19.4 Å². The number of carbonyl (C=O) groups is 1. The molecule has 0 spiro atoms. The summed E-state index contributed by atoms with van der Waals surface area (Å²) in [7, 11) is 0. The molecule has 0 aliphatic carbocycles. The summed E-state index contributed by atoms with van der Waals surface area (Å²) in [5, 5.41) is 8.90. The number of benzene rings is 2. The number of hydrogen-bond donors (Lipinski definition) is 3. The number of halogens is 3. The van der Waals surface area contributed by atoms with Crippen LogP contribution in [0.5, 0.6) is 0 Å². The minimum absolute atomic E-state index is 0.0524. The van der Waals surface area contributed by atoms with Crippen LogP contribution in [0.4, 0.5) is 20.2 Å². The zero-order valence-electron chi connectivity index (χ0n) is 16.5. The summed E-state index contributed by atoms with van der Waals surface area (Å²) < 4.78 is 31.3. The second kappa shape index (κ2) is 7.51. The van der Waals surface area contributed by atoms with Gasteiger partial charge in [0.2, 0.25) is 5.43 Å². The van der Waals surface area contributed by atoms with Crippen molar-refractivity contribution in [2.24, 2.45) is 5.73 Å². The molecule has 0 amide bonds. The monoisotopic (exact) mass is 448 g/mol. The van der Waals surface area contributed by atoms with E-state index in [1.807, 2.05) is 0 Å². The number of rotatable bonds is 3. The molecule has 0 radical (unpaired) electrons. The average Bonchev–Trinajstić information content (AvgIpc) is 3.12. The maximum absolute atomic E-state index is 15.3. The van der Waals surface area contributed by atoms with E-state index in [-0.39, 0.29) is 28.0 Å². The van der Waals surface area contributed by atoms with Gasteiger partial charge in [-0.1, -0.05) is 17.7 Å². The number of nitrogens with two attached hydrogens (primary N) is 2. The van der Waals surface area contributed by atoms with Gasteiger partial charge in [0, 0.05) is 25.3 Å². The van der Waals surface area contributed by atoms with Gasteiger partial charge in [0.25, 0.3) is 0 Å². The predicted octanol–water partition coefficient (Wildman–Crippen LogP) is 3.05. The van der Waals surface area contributed by atoms with Gasteiger partial charge in [-0.05, 0) is 31.0 Å². The smallest absolute Gasteiger partial charge is 0.341 e. The number of carboxylic acids is 1. The molecule has 0 bridgehead atoms. The third-order valence-corrected chi connectivity index (χ3v) is 5.83. The van der Waals surface area contributed by atoms with E-state index in [4.69, 9.17) is 23.1 Å². The molecule has 1 fully saturated rings. The van der Waals surface area contributed by atoms with E-state index >= 15 is 4.39 Å². The fourth-order valence-electron chi connectivity index (χ4n) is 3.94. The van der Waals surface area contributed by atoms with E-state index < -0.39 is 39.7 Å². The molecule has 162 valence electrons. The molecule has 31 heavy (non-hydrogen) atoms. The quantitative estimate of drug-likeness (QED) is 0.530. The lowest BCUT2D eigenvalue weighted by atomic mass is 10.1. The van der Waals surface area contributed by atoms with E-state index in [0.29, 0.717) is 25.1 Å². The van der Waals surface area contributed by atoms with E-state index in [0.717, 1.165) is 10.8 Å². The maximum Gasteiger partial charge on any atom is 0.341 e. The third kappa shape index (κ3) is 3.30. The first-order chi connectivity index (χ1) is 14.6. The lowest BCUT2D eigenvalue weighted by Crippen LogP contribution is -2.28. The van der Waals surface area contributed by atoms with Gasteiger partial charge in [0.15, 0.2) is 5.82 Å². The van der Waals surface area contributed by atoms with Crippen LogP contribution in [0.15, 0.2) is 29.2 Å². The van der Waals surface area contributed by atoms with E-state index in [9.17, 15) is 19.1 Å². The molecule has 3 aromatic rings. The van der Waals surface area contributed by atoms with E-state index in [1.165, 1.54) is 12.1 Å². The van der Waals surface area contributed by atoms with Crippen molar-refractivity contribution < 1.29 is 18.7 Å². The maximum atomic E-state index is 15.3. The van der Waals surface area contributed by atoms with Crippen LogP contribution in [0, 0.1) is 18.6 Å². The minimum atomic E-state index is -1.56. The standard InChI is InChI=1S/C21H19ClF2N4O3/c1-9-2-3-13(12(23)6-9)28-8-11(21(30)31)20(29)14-17(26)16(24)19(15(22)18(14)28)27-5-4-10(25)7-27/h2-3,6,8,10H,4-5,7,25-26H2,1H3,(H,30,31). The molecule has 1 unspecified atom stereocenters. The molecule has 7 nitrogen and oxygen atoms in total. The summed E-state index contributed by atoms with van der Waals surface area (Å²) in [6.45, 7) is 2.42. The summed E-state index contributed by atoms with van der Waals surface area (Å²) in [5.41, 5.74) is 10.1. The first-order valence-corrected chi connectivity index (χ1v) is 9.85. The summed E-state index contributed by atoms with van der Waals surface area (Å²) in [6, 6.07) is 4.09. The Kier molecular flexibility index (Phi) is 5.10. The zero-order chi connectivity index (χ0) is 22.6. The zero-order valence-corrected chi connectivity index (χ0v) is 17.2. The van der Waals surface area contributed by atoms with Crippen LogP contribution >= 0.6 is 11.6 Å². The number of aryl methyl sites for hydroxylation is 1. The van der Waals surface area contributed by atoms with E-state index in [2.05, 4.69) is 0 Å². The summed E-state index contributed by atoms with van der Waals surface area (Å²) in [4.78, 5) is 26.2. The van der Waals surface area contributed by atoms with Crippen LogP contribution in [0.3, 0.4) is 0 Å². The number of nitrogen functional groups attached to an aromatic ring is 1. The Labute approximate surface area is 180 Å². The van der Waals surface area contributed by atoms with Crippen LogP contribution in [-0.4, -0.2) is 34.8 Å². The SMILES string of the molecule is Cc1ccc(-n2cc(C(=O)O)c(=O)c3c(N)c(F)c(N4CCC(N)C4)c(Cl)c32)c(F)c1. The number of aromatic nitrogens is 1. The molecule has 1 atom stereocenters. The van der Waals surface area contributed by atoms with Crippen LogP contribution in [-0.2, 0) is 0 Å². The lowest BCUT2D eigenvalue weighted by Gasteiger charge is -2.24. The predicted molar refractivity (Wildman–Crippen MR) is 115 cm³/mol. The molecule has 1 aliphatic heterocycles. The first kappa shape index (κ1) is 21.1. The molecular formula is C21H19ClF2N4O3. The number of hydrogen-bond acceptors (Lipinski definition) is 5. The van der Waals surface area contributed by atoms with Crippen LogP contribution in [0.1, 0.15) is 22.3 Å². The van der Waals surface area contributed by atoms with Crippen molar-refractivity contribution in [3.63, 3.8) is 0 Å². The lowest BCUT2D eigenvalue weighted by molar-refractivity contribution is 0.0695. The Morgan fingerprint density at radius 2 is 2.03 bits per heavy atom. The number of fused-ring (bicyclic) bond motifs is 1. The van der Waals surface area contributed by atoms with Crippen LogP contribution in [0.25, 0.3) is 16.6 Å². The van der Waals surface area contributed by atoms with Gasteiger partial charge in [0.1, 0.15) is 11.4 Å². The highest BCUT2D eigenvalue weighted by atomic mass is 35.5. The number of carboxylic acid groups (broad SMARTS) is 1. The van der Waals surface area contributed by atoms with Crippen molar-refractivity contribution in [1.29, 1.82) is 0 Å². The highest BCUT2D eigenvalue weighted by Gasteiger charge is 2.30. The van der Waals surface area contributed by atoms with Crippen LogP contribution in [0.2, 0.25) is 5.02 Å². The molecule has 0 saturated carbocycles. The summed E-state index contributed by atoms with van der Waals surface area (Å²) in [5.74, 6) is -3.18. The highest BCUT2D eigenvalue weighted by Crippen LogP contribution is 2.41. The van der Waals surface area contributed by atoms with Gasteiger partial charge < -0.3 is 26.0 Å². The molecular weight excluding hydrogens is 430 g/mol. The van der Waals surface area contributed by atoms with Gasteiger partial charge in [-0.25, -0.2) is 13.6 Å². The molecule has 1 saturated heterocycles. The minimum Gasteiger partial charge on any atom is -0.477 e. The normalized spacial score (nSPS) is 16.3. The fraction of sp³-hybridized carbons (Fsp3) is 0.238. The number of aromatic carboxylic acids is 1. The second-order valence-electron chi connectivity index (χ2n) is 7.61. The summed E-state index contributed by atoms with van der Waals surface area (Å²) in [6.07, 6.45) is 1.58. The molecule has 10 heteroatoms. The highest BCUT2D eigenvalue weighted by molar-refractivity contribution is 6.38. The van der Waals surface area contributed by atoms with Gasteiger partial charge in [0.05, 0.1) is 33.0 Å². The number of nitrogens with zero attached hydrogens (tertiary/aromatic N) is 2.